The summed E-state index contributed by atoms with van der Waals surface area (Å²) in [7, 11) is 0. The molecule has 8 aliphatic rings. The van der Waals surface area contributed by atoms with Crippen LogP contribution in [0, 0.1) is 50.7 Å². The van der Waals surface area contributed by atoms with Crippen molar-refractivity contribution in [2.45, 2.75) is 162 Å². The van der Waals surface area contributed by atoms with Gasteiger partial charge in [-0.3, -0.25) is 14.5 Å². The summed E-state index contributed by atoms with van der Waals surface area (Å²) >= 11 is 0. The van der Waals surface area contributed by atoms with E-state index in [0.29, 0.717) is 30.9 Å². The van der Waals surface area contributed by atoms with Gasteiger partial charge in [0.05, 0.1) is 43.2 Å². The summed E-state index contributed by atoms with van der Waals surface area (Å²) < 4.78 is 25.7. The highest BCUT2D eigenvalue weighted by Crippen LogP contribution is 2.89. The second kappa shape index (κ2) is 11.8. The molecule has 1 amide bonds. The molecule has 0 bridgehead atoms. The van der Waals surface area contributed by atoms with Crippen LogP contribution in [-0.2, 0) is 28.5 Å². The minimum atomic E-state index is -1.26. The summed E-state index contributed by atoms with van der Waals surface area (Å²) in [5.74, 6) is 1.19. The Morgan fingerprint density at radius 2 is 1.65 bits per heavy atom. The van der Waals surface area contributed by atoms with Crippen molar-refractivity contribution in [1.29, 1.82) is 0 Å². The molecule has 3 saturated heterocycles. The number of carbonyl (C=O) groups excluding carboxylic acids is 2. The van der Waals surface area contributed by atoms with Crippen LogP contribution < -0.4 is 0 Å². The van der Waals surface area contributed by atoms with Gasteiger partial charge in [-0.1, -0.05) is 34.6 Å². The van der Waals surface area contributed by atoms with Gasteiger partial charge in [0, 0.05) is 44.9 Å². The van der Waals surface area contributed by atoms with Gasteiger partial charge in [0.25, 0.3) is 0 Å². The molecule has 8 fully saturated rings. The van der Waals surface area contributed by atoms with Crippen LogP contribution in [0.4, 0.5) is 0 Å². The number of aliphatic hydroxyl groups is 2. The van der Waals surface area contributed by atoms with E-state index in [1.165, 1.54) is 26.2 Å². The van der Waals surface area contributed by atoms with Crippen molar-refractivity contribution in [3.63, 3.8) is 0 Å². The molecule has 5 aliphatic carbocycles. The largest absolute Gasteiger partial charge is 0.457 e. The summed E-state index contributed by atoms with van der Waals surface area (Å²) in [6, 6.07) is 0.400. The number of amides is 1. The summed E-state index contributed by atoms with van der Waals surface area (Å²) in [6.45, 7) is 22.4. The molecule has 10 heteroatoms. The van der Waals surface area contributed by atoms with E-state index in [1.54, 1.807) is 20.8 Å². The van der Waals surface area contributed by atoms with E-state index in [1.807, 2.05) is 4.90 Å². The maximum Gasteiger partial charge on any atom is 0.303 e. The van der Waals surface area contributed by atoms with Crippen molar-refractivity contribution >= 4 is 11.9 Å². The molecule has 9 unspecified atom stereocenters. The molecule has 3 heterocycles. The minimum Gasteiger partial charge on any atom is -0.457 e. The topological polar surface area (TPSA) is 118 Å². The number of aliphatic hydroxyl groups excluding tert-OH is 1. The number of rotatable bonds is 6. The summed E-state index contributed by atoms with van der Waals surface area (Å²) in [4.78, 5) is 28.3. The Morgan fingerprint density at radius 3 is 2.31 bits per heavy atom. The first kappa shape index (κ1) is 36.7. The van der Waals surface area contributed by atoms with Gasteiger partial charge >= 0.3 is 5.97 Å². The summed E-state index contributed by atoms with van der Waals surface area (Å²) in [5.41, 5.74) is -1.08. The molecular weight excluding hydrogens is 648 g/mol. The standard InChI is InChI=1S/C41H66N2O8/c1-23-18-27(35(37(6,7)47)49-25(3)45)50-33-32(23)38(8)14-15-41-22-40(41)13-12-30(36(4,5)28(40)10-11-29(41)39(38,9)34(33)46)51-31-21-42(16-17-48-31)26-19-43(20-26)24(2)44/h23,26-35,46-47H,10-22H2,1-9H3/t23-,27?,28+,29?,30?,31?,32+,33?,34+,35?,38?,39-,40?,41?/m1/s1. The lowest BCUT2D eigenvalue weighted by Crippen LogP contribution is -2.64. The molecule has 0 aromatic rings. The van der Waals surface area contributed by atoms with Crippen LogP contribution in [-0.4, -0.2) is 113 Å². The fourth-order valence-electron chi connectivity index (χ4n) is 14.8. The molecule has 288 valence electrons. The van der Waals surface area contributed by atoms with Gasteiger partial charge < -0.3 is 34.1 Å². The van der Waals surface area contributed by atoms with Crippen molar-refractivity contribution in [3.05, 3.63) is 0 Å². The van der Waals surface area contributed by atoms with Gasteiger partial charge in [-0.05, 0) is 111 Å². The Bertz CT molecular complexity index is 1410. The lowest BCUT2D eigenvalue weighted by molar-refractivity contribution is -0.253. The third-order valence-electron chi connectivity index (χ3n) is 17.3. The number of esters is 1. The number of hydrogen-bond acceptors (Lipinski definition) is 9. The third kappa shape index (κ3) is 5.07. The average molecular weight is 715 g/mol. The smallest absolute Gasteiger partial charge is 0.303 e. The van der Waals surface area contributed by atoms with E-state index < -0.39 is 29.9 Å². The number of nitrogens with zero attached hydrogens (tertiary/aromatic N) is 2. The van der Waals surface area contributed by atoms with Crippen molar-refractivity contribution < 1.29 is 38.7 Å². The van der Waals surface area contributed by atoms with Crippen molar-refractivity contribution in [3.8, 4) is 0 Å². The number of likely N-dealkylation sites (tertiary alicyclic amines) is 1. The minimum absolute atomic E-state index is 0.0118. The Hall–Kier alpha value is -1.30. The highest BCUT2D eigenvalue weighted by atomic mass is 16.7. The second-order valence-corrected chi connectivity index (χ2v) is 20.2. The fraction of sp³-hybridized carbons (Fsp3) is 0.951. The van der Waals surface area contributed by atoms with Crippen LogP contribution in [0.15, 0.2) is 0 Å². The van der Waals surface area contributed by atoms with E-state index in [4.69, 9.17) is 18.9 Å². The van der Waals surface area contributed by atoms with Crippen molar-refractivity contribution in [2.75, 3.05) is 32.8 Å². The van der Waals surface area contributed by atoms with Gasteiger partial charge in [-0.2, -0.15) is 0 Å². The summed E-state index contributed by atoms with van der Waals surface area (Å²) in [5, 5.41) is 23.7. The molecule has 0 aromatic carbocycles. The number of morpholine rings is 1. The van der Waals surface area contributed by atoms with Gasteiger partial charge in [0.1, 0.15) is 0 Å². The van der Waals surface area contributed by atoms with Crippen molar-refractivity contribution in [2.24, 2.45) is 50.7 Å². The summed E-state index contributed by atoms with van der Waals surface area (Å²) in [6.07, 6.45) is 6.42. The van der Waals surface area contributed by atoms with Gasteiger partial charge in [0.2, 0.25) is 5.91 Å². The SMILES string of the molecule is CC(=O)OC(C1C[C@@H](C)[C@H]2C(O1)[C@H](O)[C@@]1(C)C3CC[C@H]4C(C)(C)C(OC5CN(C6CN(C(C)=O)C6)CCO5)CCC45CC35CCC21C)C(C)(C)O. The lowest BCUT2D eigenvalue weighted by atomic mass is 9.41. The first-order chi connectivity index (χ1) is 23.8. The Kier molecular flexibility index (Phi) is 8.52. The van der Waals surface area contributed by atoms with Crippen LogP contribution in [0.3, 0.4) is 0 Å². The van der Waals surface area contributed by atoms with Crippen LogP contribution in [0.5, 0.6) is 0 Å². The zero-order chi connectivity index (χ0) is 36.7. The number of ether oxygens (including phenoxy) is 4. The van der Waals surface area contributed by atoms with E-state index in [-0.39, 0.29) is 63.3 Å². The van der Waals surface area contributed by atoms with Gasteiger partial charge in [-0.25, -0.2) is 0 Å². The fourth-order valence-corrected chi connectivity index (χ4v) is 14.8. The Morgan fingerprint density at radius 1 is 0.961 bits per heavy atom. The number of fused-ring (bicyclic) bond motifs is 4. The van der Waals surface area contributed by atoms with E-state index >= 15 is 0 Å². The molecular formula is C41H66N2O8. The molecule has 51 heavy (non-hydrogen) atoms. The Balaban J connectivity index is 0.995. The number of hydrogen-bond donors (Lipinski definition) is 2. The molecule has 2 N–H and O–H groups in total. The van der Waals surface area contributed by atoms with Crippen LogP contribution in [0.25, 0.3) is 0 Å². The molecule has 14 atom stereocenters. The van der Waals surface area contributed by atoms with Crippen molar-refractivity contribution in [1.82, 2.24) is 9.80 Å². The molecule has 3 aliphatic heterocycles. The van der Waals surface area contributed by atoms with Crippen LogP contribution in [0.2, 0.25) is 0 Å². The molecule has 10 nitrogen and oxygen atoms in total. The zero-order valence-corrected chi connectivity index (χ0v) is 32.8. The maximum atomic E-state index is 12.6. The molecule has 0 radical (unpaired) electrons. The van der Waals surface area contributed by atoms with E-state index in [2.05, 4.69) is 39.5 Å². The third-order valence-corrected chi connectivity index (χ3v) is 17.3. The van der Waals surface area contributed by atoms with Gasteiger partial charge in [0.15, 0.2) is 12.4 Å². The molecule has 8 rings (SSSR count). The average Bonchev–Trinajstić information content (AvgIpc) is 3.64. The highest BCUT2D eigenvalue weighted by Gasteiger charge is 2.84. The maximum absolute atomic E-state index is 12.6. The normalized spacial score (nSPS) is 49.7. The molecule has 5 saturated carbocycles. The van der Waals surface area contributed by atoms with Crippen LogP contribution in [0.1, 0.15) is 114 Å². The predicted octanol–water partition coefficient (Wildman–Crippen LogP) is 4.78. The quantitative estimate of drug-likeness (QED) is 0.375. The zero-order valence-electron chi connectivity index (χ0n) is 32.8. The van der Waals surface area contributed by atoms with E-state index in [9.17, 15) is 19.8 Å². The second-order valence-electron chi connectivity index (χ2n) is 20.2. The van der Waals surface area contributed by atoms with Crippen LogP contribution >= 0.6 is 0 Å². The lowest BCUT2D eigenvalue weighted by Gasteiger charge is -2.64. The first-order valence-electron chi connectivity index (χ1n) is 20.3. The van der Waals surface area contributed by atoms with E-state index in [0.717, 1.165) is 51.9 Å². The van der Waals surface area contributed by atoms with Gasteiger partial charge in [-0.15, -0.1) is 0 Å². The number of carbonyl (C=O) groups is 2. The highest BCUT2D eigenvalue weighted by molar-refractivity contribution is 5.74. The molecule has 0 aromatic heterocycles. The monoisotopic (exact) mass is 714 g/mol. The predicted molar refractivity (Wildman–Crippen MR) is 190 cm³/mol. The Labute approximate surface area is 305 Å². The molecule has 2 spiro atoms. The first-order valence-corrected chi connectivity index (χ1v) is 20.3.